The number of carbonyl (C=O) groups excluding carboxylic acids is 1. The summed E-state index contributed by atoms with van der Waals surface area (Å²) in [6, 6.07) is 10.5. The van der Waals surface area contributed by atoms with E-state index in [0.29, 0.717) is 31.7 Å². The lowest BCUT2D eigenvalue weighted by Crippen LogP contribution is -2.36. The maximum atomic E-state index is 13.0. The molecule has 0 saturated carbocycles. The van der Waals surface area contributed by atoms with E-state index in [1.165, 1.54) is 37.4 Å². The fourth-order valence-corrected chi connectivity index (χ4v) is 4.62. The molecule has 1 aliphatic rings. The van der Waals surface area contributed by atoms with E-state index >= 15 is 0 Å². The first-order valence-electron chi connectivity index (χ1n) is 10.1. The summed E-state index contributed by atoms with van der Waals surface area (Å²) in [7, 11) is -2.31. The van der Waals surface area contributed by atoms with E-state index < -0.39 is 10.0 Å². The number of hydrogen-bond acceptors (Lipinski definition) is 4. The number of carbonyl (C=O) groups is 1. The molecule has 0 atom stereocenters. The number of amides is 1. The Morgan fingerprint density at radius 3 is 2.47 bits per heavy atom. The summed E-state index contributed by atoms with van der Waals surface area (Å²) in [5.74, 6) is -0.144. The maximum Gasteiger partial charge on any atom is 0.257 e. The molecule has 2 aromatic rings. The van der Waals surface area contributed by atoms with E-state index in [1.807, 2.05) is 0 Å². The molecule has 0 bridgehead atoms. The van der Waals surface area contributed by atoms with Gasteiger partial charge in [0, 0.05) is 19.6 Å². The van der Waals surface area contributed by atoms with Crippen molar-refractivity contribution in [2.45, 2.75) is 37.0 Å². The number of piperidine rings is 1. The molecule has 1 heterocycles. The average Bonchev–Trinajstić information content (AvgIpc) is 2.77. The van der Waals surface area contributed by atoms with Gasteiger partial charge in [-0.3, -0.25) is 4.79 Å². The van der Waals surface area contributed by atoms with Crippen LogP contribution in [0.15, 0.2) is 47.4 Å². The van der Waals surface area contributed by atoms with Gasteiger partial charge < -0.3 is 9.64 Å². The molecule has 0 aliphatic carbocycles. The van der Waals surface area contributed by atoms with Crippen molar-refractivity contribution in [3.63, 3.8) is 0 Å². The molecule has 0 unspecified atom stereocenters. The normalized spacial score (nSPS) is 14.5. The first-order chi connectivity index (χ1) is 14.4. The van der Waals surface area contributed by atoms with Crippen LogP contribution in [-0.2, 0) is 16.4 Å². The average molecular weight is 435 g/mol. The second-order valence-corrected chi connectivity index (χ2v) is 9.11. The van der Waals surface area contributed by atoms with Crippen molar-refractivity contribution in [2.75, 3.05) is 26.7 Å². The molecule has 1 aliphatic heterocycles. The molecule has 0 aromatic heterocycles. The Balaban J connectivity index is 1.67. The summed E-state index contributed by atoms with van der Waals surface area (Å²) in [6.45, 7) is 1.57. The Labute approximate surface area is 177 Å². The molecule has 3 rings (SSSR count). The highest BCUT2D eigenvalue weighted by Gasteiger charge is 2.24. The number of rotatable bonds is 8. The quantitative estimate of drug-likeness (QED) is 0.647. The summed E-state index contributed by atoms with van der Waals surface area (Å²) >= 11 is 0. The molecule has 8 heteroatoms. The molecule has 2 aromatic carbocycles. The van der Waals surface area contributed by atoms with Crippen molar-refractivity contribution in [1.29, 1.82) is 0 Å². The van der Waals surface area contributed by atoms with Gasteiger partial charge in [-0.15, -0.1) is 0 Å². The number of benzene rings is 2. The number of nitrogens with zero attached hydrogens (tertiary/aromatic N) is 1. The summed E-state index contributed by atoms with van der Waals surface area (Å²) in [6.07, 6.45) is 4.19. The van der Waals surface area contributed by atoms with E-state index in [0.717, 1.165) is 24.8 Å². The van der Waals surface area contributed by atoms with Crippen LogP contribution in [0, 0.1) is 5.82 Å². The Bertz CT molecular complexity index is 971. The van der Waals surface area contributed by atoms with Gasteiger partial charge in [-0.25, -0.2) is 17.5 Å². The third kappa shape index (κ3) is 5.58. The second kappa shape index (κ2) is 10.0. The van der Waals surface area contributed by atoms with Crippen LogP contribution in [0.5, 0.6) is 5.75 Å². The number of ether oxygens (including phenoxy) is 1. The van der Waals surface area contributed by atoms with Gasteiger partial charge in [-0.1, -0.05) is 12.1 Å². The minimum Gasteiger partial charge on any atom is -0.496 e. The molecule has 0 spiro atoms. The third-order valence-corrected chi connectivity index (χ3v) is 6.66. The smallest absolute Gasteiger partial charge is 0.257 e. The Hall–Kier alpha value is -2.45. The highest BCUT2D eigenvalue weighted by molar-refractivity contribution is 7.89. The van der Waals surface area contributed by atoms with Gasteiger partial charge >= 0.3 is 0 Å². The number of hydrogen-bond donors (Lipinski definition) is 1. The van der Waals surface area contributed by atoms with Crippen molar-refractivity contribution in [3.05, 3.63) is 59.4 Å². The number of likely N-dealkylation sites (tertiary alicyclic amines) is 1. The fraction of sp³-hybridized carbons (Fsp3) is 0.409. The van der Waals surface area contributed by atoms with Crippen LogP contribution in [0.25, 0.3) is 0 Å². The first-order valence-corrected chi connectivity index (χ1v) is 11.6. The zero-order valence-corrected chi connectivity index (χ0v) is 17.9. The van der Waals surface area contributed by atoms with Crippen LogP contribution in [0.4, 0.5) is 4.39 Å². The topological polar surface area (TPSA) is 75.7 Å². The van der Waals surface area contributed by atoms with Crippen LogP contribution in [-0.4, -0.2) is 46.0 Å². The SMILES string of the molecule is COc1ccc(S(=O)(=O)NCCCc2ccc(F)cc2)cc1C(=O)N1CCCCC1. The van der Waals surface area contributed by atoms with Crippen molar-refractivity contribution < 1.29 is 22.3 Å². The summed E-state index contributed by atoms with van der Waals surface area (Å²) in [4.78, 5) is 14.7. The van der Waals surface area contributed by atoms with Gasteiger partial charge in [0.2, 0.25) is 10.0 Å². The predicted molar refractivity (Wildman–Crippen MR) is 113 cm³/mol. The van der Waals surface area contributed by atoms with Crippen molar-refractivity contribution in [1.82, 2.24) is 9.62 Å². The molecule has 0 radical (unpaired) electrons. The van der Waals surface area contributed by atoms with Crippen LogP contribution >= 0.6 is 0 Å². The molecule has 1 saturated heterocycles. The summed E-state index contributed by atoms with van der Waals surface area (Å²) in [5.41, 5.74) is 1.20. The summed E-state index contributed by atoms with van der Waals surface area (Å²) < 4.78 is 46.2. The zero-order chi connectivity index (χ0) is 21.6. The van der Waals surface area contributed by atoms with Gasteiger partial charge in [0.05, 0.1) is 17.6 Å². The van der Waals surface area contributed by atoms with Crippen LogP contribution in [0.2, 0.25) is 0 Å². The minimum absolute atomic E-state index is 0.0328. The fourth-order valence-electron chi connectivity index (χ4n) is 3.52. The predicted octanol–water partition coefficient (Wildman–Crippen LogP) is 3.37. The lowest BCUT2D eigenvalue weighted by atomic mass is 10.1. The van der Waals surface area contributed by atoms with E-state index in [2.05, 4.69) is 4.72 Å². The molecule has 30 heavy (non-hydrogen) atoms. The minimum atomic E-state index is -3.77. The van der Waals surface area contributed by atoms with Gasteiger partial charge in [-0.2, -0.15) is 0 Å². The Morgan fingerprint density at radius 1 is 1.10 bits per heavy atom. The standard InChI is InChI=1S/C22H27FN2O4S/c1-29-21-12-11-19(16-20(21)22(26)25-14-3-2-4-15-25)30(27,28)24-13-5-6-17-7-9-18(23)10-8-17/h7-12,16,24H,2-6,13-15H2,1H3. The van der Waals surface area contributed by atoms with Gasteiger partial charge in [0.1, 0.15) is 11.6 Å². The Kier molecular flexibility index (Phi) is 7.44. The second-order valence-electron chi connectivity index (χ2n) is 7.34. The van der Waals surface area contributed by atoms with E-state index in [-0.39, 0.29) is 28.7 Å². The number of aryl methyl sites for hydroxylation is 1. The number of halogens is 1. The maximum absolute atomic E-state index is 13.0. The summed E-state index contributed by atoms with van der Waals surface area (Å²) in [5, 5.41) is 0. The number of methoxy groups -OCH3 is 1. The molecule has 1 amide bonds. The monoisotopic (exact) mass is 434 g/mol. The van der Waals surface area contributed by atoms with Crippen molar-refractivity contribution in [2.24, 2.45) is 0 Å². The van der Waals surface area contributed by atoms with Gasteiger partial charge in [0.25, 0.3) is 5.91 Å². The molecule has 162 valence electrons. The molecular weight excluding hydrogens is 407 g/mol. The van der Waals surface area contributed by atoms with Crippen molar-refractivity contribution in [3.8, 4) is 5.75 Å². The third-order valence-electron chi connectivity index (χ3n) is 5.20. The number of nitrogens with one attached hydrogen (secondary N) is 1. The van der Waals surface area contributed by atoms with E-state index in [1.54, 1.807) is 17.0 Å². The first kappa shape index (κ1) is 22.2. The van der Waals surface area contributed by atoms with Gasteiger partial charge in [0.15, 0.2) is 0 Å². The number of sulfonamides is 1. The van der Waals surface area contributed by atoms with Gasteiger partial charge in [-0.05, 0) is 68.0 Å². The Morgan fingerprint density at radius 2 is 1.80 bits per heavy atom. The molecule has 1 fully saturated rings. The van der Waals surface area contributed by atoms with Crippen LogP contribution in [0.3, 0.4) is 0 Å². The highest BCUT2D eigenvalue weighted by atomic mass is 32.2. The molecule has 6 nitrogen and oxygen atoms in total. The van der Waals surface area contributed by atoms with Crippen LogP contribution in [0.1, 0.15) is 41.6 Å². The van der Waals surface area contributed by atoms with E-state index in [9.17, 15) is 17.6 Å². The molecule has 1 N–H and O–H groups in total. The largest absolute Gasteiger partial charge is 0.496 e. The van der Waals surface area contributed by atoms with E-state index in [4.69, 9.17) is 4.74 Å². The zero-order valence-electron chi connectivity index (χ0n) is 17.1. The lowest BCUT2D eigenvalue weighted by Gasteiger charge is -2.27. The van der Waals surface area contributed by atoms with Crippen LogP contribution < -0.4 is 9.46 Å². The molecular formula is C22H27FN2O4S. The lowest BCUT2D eigenvalue weighted by molar-refractivity contribution is 0.0720. The van der Waals surface area contributed by atoms with Crippen molar-refractivity contribution >= 4 is 15.9 Å². The highest BCUT2D eigenvalue weighted by Crippen LogP contribution is 2.25.